The fourth-order valence-electron chi connectivity index (χ4n) is 3.40. The monoisotopic (exact) mass is 362 g/mol. The fourth-order valence-corrected chi connectivity index (χ4v) is 3.40. The SMILES string of the molecule is O[C@H]1c2c(C(F)(F)F)nn([C@@H]3CC[C@@H](OC(F)F)C3)c2CC1(F)F. The predicted octanol–water partition coefficient (Wildman–Crippen LogP) is 3.46. The van der Waals surface area contributed by atoms with Crippen LogP contribution in [0, 0.1) is 0 Å². The highest BCUT2D eigenvalue weighted by atomic mass is 19.4. The van der Waals surface area contributed by atoms with E-state index in [1.54, 1.807) is 0 Å². The number of aromatic nitrogens is 2. The number of ether oxygens (including phenoxy) is 1. The Morgan fingerprint density at radius 1 is 1.25 bits per heavy atom. The number of hydrogen-bond donors (Lipinski definition) is 1. The highest BCUT2D eigenvalue weighted by Gasteiger charge is 2.55. The van der Waals surface area contributed by atoms with Crippen molar-refractivity contribution in [3.05, 3.63) is 17.0 Å². The van der Waals surface area contributed by atoms with Gasteiger partial charge in [0.2, 0.25) is 0 Å². The smallest absolute Gasteiger partial charge is 0.382 e. The van der Waals surface area contributed by atoms with Crippen LogP contribution < -0.4 is 0 Å². The highest BCUT2D eigenvalue weighted by molar-refractivity contribution is 5.38. The van der Waals surface area contributed by atoms with Crippen LogP contribution in [-0.4, -0.2) is 33.5 Å². The number of hydrogen-bond acceptors (Lipinski definition) is 3. The summed E-state index contributed by atoms with van der Waals surface area (Å²) in [5.74, 6) is -3.73. The molecule has 136 valence electrons. The van der Waals surface area contributed by atoms with Gasteiger partial charge in [0.25, 0.3) is 5.92 Å². The van der Waals surface area contributed by atoms with Crippen LogP contribution in [0.25, 0.3) is 0 Å². The number of halogens is 7. The summed E-state index contributed by atoms with van der Waals surface area (Å²) in [7, 11) is 0. The van der Waals surface area contributed by atoms with Crippen molar-refractivity contribution >= 4 is 0 Å². The maximum Gasteiger partial charge on any atom is 0.435 e. The summed E-state index contributed by atoms with van der Waals surface area (Å²) < 4.78 is 96.1. The summed E-state index contributed by atoms with van der Waals surface area (Å²) in [5.41, 5.74) is -2.88. The first-order valence-corrected chi connectivity index (χ1v) is 7.18. The minimum atomic E-state index is -5.01. The summed E-state index contributed by atoms with van der Waals surface area (Å²) in [6, 6.07) is -0.764. The molecule has 0 saturated heterocycles. The third-order valence-electron chi connectivity index (χ3n) is 4.39. The Hall–Kier alpha value is -1.36. The first kappa shape index (κ1) is 17.5. The van der Waals surface area contributed by atoms with E-state index >= 15 is 0 Å². The molecule has 0 radical (unpaired) electrons. The van der Waals surface area contributed by atoms with Gasteiger partial charge in [0.1, 0.15) is 6.10 Å². The molecule has 0 unspecified atom stereocenters. The van der Waals surface area contributed by atoms with Crippen molar-refractivity contribution in [1.29, 1.82) is 0 Å². The zero-order chi connectivity index (χ0) is 17.9. The molecule has 1 saturated carbocycles. The number of alkyl halides is 7. The van der Waals surface area contributed by atoms with E-state index in [9.17, 15) is 35.8 Å². The van der Waals surface area contributed by atoms with Crippen molar-refractivity contribution in [2.24, 2.45) is 0 Å². The van der Waals surface area contributed by atoms with Crippen LogP contribution in [0.3, 0.4) is 0 Å². The van der Waals surface area contributed by atoms with Gasteiger partial charge >= 0.3 is 12.8 Å². The largest absolute Gasteiger partial charge is 0.435 e. The van der Waals surface area contributed by atoms with E-state index in [2.05, 4.69) is 9.84 Å². The van der Waals surface area contributed by atoms with Gasteiger partial charge in [-0.2, -0.15) is 27.1 Å². The summed E-state index contributed by atoms with van der Waals surface area (Å²) in [6.07, 6.45) is -9.29. The van der Waals surface area contributed by atoms with Crippen LogP contribution >= 0.6 is 0 Å². The van der Waals surface area contributed by atoms with Gasteiger partial charge in [-0.1, -0.05) is 0 Å². The summed E-state index contributed by atoms with van der Waals surface area (Å²) >= 11 is 0. The predicted molar refractivity (Wildman–Crippen MR) is 64.6 cm³/mol. The molecular formula is C13H13F7N2O2. The van der Waals surface area contributed by atoms with Crippen molar-refractivity contribution < 1.29 is 40.6 Å². The molecule has 0 bridgehead atoms. The summed E-state index contributed by atoms with van der Waals surface area (Å²) in [5, 5.41) is 12.9. The number of aliphatic hydroxyl groups excluding tert-OH is 1. The van der Waals surface area contributed by atoms with Gasteiger partial charge in [-0.15, -0.1) is 0 Å². The standard InChI is InChI=1S/C13H13F7N2O2/c14-11(15)24-6-2-1-5(3-6)22-7-4-12(16,17)10(23)8(7)9(21-22)13(18,19)20/h5-6,10-11,23H,1-4H2/t5-,6-,10+/m1/s1. The van der Waals surface area contributed by atoms with Crippen LogP contribution in [0.1, 0.15) is 48.4 Å². The van der Waals surface area contributed by atoms with Crippen LogP contribution in [-0.2, 0) is 17.3 Å². The Kier molecular flexibility index (Phi) is 4.06. The average molecular weight is 362 g/mol. The maximum atomic E-state index is 13.7. The Balaban J connectivity index is 1.95. The summed E-state index contributed by atoms with van der Waals surface area (Å²) in [4.78, 5) is 0. The van der Waals surface area contributed by atoms with Crippen molar-refractivity contribution in [2.45, 2.75) is 62.6 Å². The summed E-state index contributed by atoms with van der Waals surface area (Å²) in [6.45, 7) is -3.02. The number of fused-ring (bicyclic) bond motifs is 1. The molecule has 3 rings (SSSR count). The lowest BCUT2D eigenvalue weighted by atomic mass is 10.1. The zero-order valence-electron chi connectivity index (χ0n) is 12.0. The van der Waals surface area contributed by atoms with Crippen LogP contribution in [0.2, 0.25) is 0 Å². The lowest BCUT2D eigenvalue weighted by Crippen LogP contribution is -2.25. The van der Waals surface area contributed by atoms with E-state index in [-0.39, 0.29) is 19.3 Å². The third kappa shape index (κ3) is 2.87. The van der Waals surface area contributed by atoms with E-state index in [1.807, 2.05) is 0 Å². The van der Waals surface area contributed by atoms with Crippen LogP contribution in [0.15, 0.2) is 0 Å². The lowest BCUT2D eigenvalue weighted by molar-refractivity contribution is -0.160. The number of nitrogens with zero attached hydrogens (tertiary/aromatic N) is 2. The molecule has 0 aromatic carbocycles. The van der Waals surface area contributed by atoms with E-state index in [0.29, 0.717) is 0 Å². The minimum Gasteiger partial charge on any atom is -0.382 e. The molecule has 2 aliphatic carbocycles. The van der Waals surface area contributed by atoms with Gasteiger partial charge in [-0.3, -0.25) is 4.68 Å². The molecule has 1 aromatic heterocycles. The van der Waals surface area contributed by atoms with Crippen LogP contribution in [0.5, 0.6) is 0 Å². The molecule has 3 atom stereocenters. The van der Waals surface area contributed by atoms with Gasteiger partial charge in [-0.25, -0.2) is 8.78 Å². The molecule has 1 heterocycles. The average Bonchev–Trinajstić information content (AvgIpc) is 3.05. The molecule has 1 fully saturated rings. The molecule has 1 N–H and O–H groups in total. The normalized spacial score (nSPS) is 29.5. The van der Waals surface area contributed by atoms with Crippen molar-refractivity contribution in [3.63, 3.8) is 0 Å². The Morgan fingerprint density at radius 2 is 1.92 bits per heavy atom. The van der Waals surface area contributed by atoms with Gasteiger partial charge in [0.15, 0.2) is 5.69 Å². The molecule has 24 heavy (non-hydrogen) atoms. The molecule has 1 aromatic rings. The molecule has 4 nitrogen and oxygen atoms in total. The van der Waals surface area contributed by atoms with E-state index in [4.69, 9.17) is 0 Å². The van der Waals surface area contributed by atoms with Gasteiger partial charge in [-0.05, 0) is 19.3 Å². The first-order valence-electron chi connectivity index (χ1n) is 7.18. The quantitative estimate of drug-likeness (QED) is 0.838. The Bertz CT molecular complexity index is 629. The number of aliphatic hydroxyl groups is 1. The molecule has 0 spiro atoms. The first-order chi connectivity index (χ1) is 11.0. The Morgan fingerprint density at radius 3 is 2.50 bits per heavy atom. The second-order valence-corrected chi connectivity index (χ2v) is 5.98. The minimum absolute atomic E-state index is 0.0581. The van der Waals surface area contributed by atoms with Crippen molar-refractivity contribution in [3.8, 4) is 0 Å². The zero-order valence-corrected chi connectivity index (χ0v) is 12.0. The second-order valence-electron chi connectivity index (χ2n) is 5.98. The molecule has 11 heteroatoms. The molecule has 0 amide bonds. The van der Waals surface area contributed by atoms with E-state index in [1.165, 1.54) is 0 Å². The fraction of sp³-hybridized carbons (Fsp3) is 0.769. The third-order valence-corrected chi connectivity index (χ3v) is 4.39. The van der Waals surface area contributed by atoms with E-state index < -0.39 is 60.3 Å². The van der Waals surface area contributed by atoms with Gasteiger partial charge < -0.3 is 9.84 Å². The molecular weight excluding hydrogens is 349 g/mol. The van der Waals surface area contributed by atoms with Crippen molar-refractivity contribution in [2.75, 3.05) is 0 Å². The lowest BCUT2D eigenvalue weighted by Gasteiger charge is -2.17. The van der Waals surface area contributed by atoms with Crippen molar-refractivity contribution in [1.82, 2.24) is 9.78 Å². The van der Waals surface area contributed by atoms with Crippen LogP contribution in [0.4, 0.5) is 30.7 Å². The van der Waals surface area contributed by atoms with Gasteiger partial charge in [0, 0.05) is 5.56 Å². The number of rotatable bonds is 3. The second kappa shape index (κ2) is 5.58. The topological polar surface area (TPSA) is 47.3 Å². The molecule has 0 aliphatic heterocycles. The molecule has 2 aliphatic rings. The highest BCUT2D eigenvalue weighted by Crippen LogP contribution is 2.49. The van der Waals surface area contributed by atoms with Gasteiger partial charge in [0.05, 0.1) is 24.3 Å². The maximum absolute atomic E-state index is 13.7. The Labute approximate surface area is 131 Å². The van der Waals surface area contributed by atoms with E-state index in [0.717, 1.165) is 4.68 Å².